The molecule has 1 aliphatic heterocycles. The van der Waals surface area contributed by atoms with Crippen LogP contribution >= 0.6 is 23.2 Å². The SMILES string of the molecule is CN1C(=O)CCS(=O)(=O)[C@H]1c1ccc(Cl)c(Cl)c1. The number of hydrogen-bond acceptors (Lipinski definition) is 3. The molecular weight excluding hydrogens is 297 g/mol. The van der Waals surface area contributed by atoms with E-state index in [4.69, 9.17) is 23.2 Å². The molecule has 1 heterocycles. The predicted molar refractivity (Wildman–Crippen MR) is 70.4 cm³/mol. The molecule has 7 heteroatoms. The van der Waals surface area contributed by atoms with Crippen molar-refractivity contribution < 1.29 is 13.2 Å². The first-order chi connectivity index (χ1) is 8.33. The molecule has 18 heavy (non-hydrogen) atoms. The van der Waals surface area contributed by atoms with E-state index in [1.165, 1.54) is 24.1 Å². The number of amides is 1. The molecule has 0 N–H and O–H groups in total. The summed E-state index contributed by atoms with van der Waals surface area (Å²) in [4.78, 5) is 12.9. The Morgan fingerprint density at radius 2 is 1.94 bits per heavy atom. The zero-order valence-corrected chi connectivity index (χ0v) is 11.9. The first-order valence-electron chi connectivity index (χ1n) is 5.25. The Morgan fingerprint density at radius 3 is 2.56 bits per heavy atom. The fraction of sp³-hybridized carbons (Fsp3) is 0.364. The Labute approximate surface area is 115 Å². The summed E-state index contributed by atoms with van der Waals surface area (Å²) in [5.74, 6) is -0.331. The normalized spacial score (nSPS) is 23.2. The van der Waals surface area contributed by atoms with Crippen molar-refractivity contribution in [3.8, 4) is 0 Å². The van der Waals surface area contributed by atoms with Crippen LogP contribution in [0.5, 0.6) is 0 Å². The summed E-state index contributed by atoms with van der Waals surface area (Å²) < 4.78 is 24.1. The minimum atomic E-state index is -3.38. The van der Waals surface area contributed by atoms with Gasteiger partial charge in [0.25, 0.3) is 0 Å². The highest BCUT2D eigenvalue weighted by atomic mass is 35.5. The molecule has 0 bridgehead atoms. The fourth-order valence-corrected chi connectivity index (χ4v) is 4.14. The van der Waals surface area contributed by atoms with Crippen LogP contribution in [0.2, 0.25) is 10.0 Å². The van der Waals surface area contributed by atoms with Crippen LogP contribution in [0.25, 0.3) is 0 Å². The van der Waals surface area contributed by atoms with Crippen LogP contribution in [0.1, 0.15) is 17.4 Å². The van der Waals surface area contributed by atoms with Crippen LogP contribution in [0.3, 0.4) is 0 Å². The monoisotopic (exact) mass is 307 g/mol. The zero-order chi connectivity index (χ0) is 13.5. The van der Waals surface area contributed by atoms with Crippen LogP contribution < -0.4 is 0 Å². The molecule has 1 aliphatic rings. The second kappa shape index (κ2) is 4.72. The number of benzene rings is 1. The Balaban J connectivity index is 2.51. The quantitative estimate of drug-likeness (QED) is 0.800. The minimum absolute atomic E-state index is 0.0245. The van der Waals surface area contributed by atoms with Gasteiger partial charge in [-0.25, -0.2) is 8.42 Å². The van der Waals surface area contributed by atoms with Crippen molar-refractivity contribution in [1.82, 2.24) is 4.90 Å². The van der Waals surface area contributed by atoms with Gasteiger partial charge in [-0.05, 0) is 17.7 Å². The summed E-state index contributed by atoms with van der Waals surface area (Å²) in [5.41, 5.74) is 0.458. The van der Waals surface area contributed by atoms with E-state index in [0.717, 1.165) is 0 Å². The van der Waals surface area contributed by atoms with Gasteiger partial charge in [-0.3, -0.25) is 4.79 Å². The first kappa shape index (κ1) is 13.6. The van der Waals surface area contributed by atoms with Gasteiger partial charge in [-0.1, -0.05) is 29.3 Å². The van der Waals surface area contributed by atoms with Crippen LogP contribution in [-0.4, -0.2) is 32.0 Å². The molecular formula is C11H11Cl2NO3S. The number of sulfone groups is 1. The summed E-state index contributed by atoms with van der Waals surface area (Å²) in [6, 6.07) is 4.59. The molecule has 0 aliphatic carbocycles. The summed E-state index contributed by atoms with van der Waals surface area (Å²) >= 11 is 11.7. The Kier molecular flexibility index (Phi) is 3.58. The summed E-state index contributed by atoms with van der Waals surface area (Å²) in [6.07, 6.45) is 0.0245. The fourth-order valence-electron chi connectivity index (χ4n) is 1.99. The second-order valence-corrected chi connectivity index (χ2v) is 7.14. The molecule has 0 radical (unpaired) electrons. The van der Waals surface area contributed by atoms with Crippen molar-refractivity contribution in [2.75, 3.05) is 12.8 Å². The van der Waals surface area contributed by atoms with Crippen LogP contribution in [-0.2, 0) is 14.6 Å². The first-order valence-corrected chi connectivity index (χ1v) is 7.72. The average Bonchev–Trinajstić information content (AvgIpc) is 2.29. The molecule has 1 atom stereocenters. The predicted octanol–water partition coefficient (Wildman–Crippen LogP) is 2.27. The molecule has 1 amide bonds. The van der Waals surface area contributed by atoms with Crippen LogP contribution in [0.15, 0.2) is 18.2 Å². The van der Waals surface area contributed by atoms with E-state index in [0.29, 0.717) is 10.6 Å². The Hall–Kier alpha value is -0.780. The maximum atomic E-state index is 12.1. The summed E-state index contributed by atoms with van der Waals surface area (Å²) in [5, 5.41) is -0.355. The molecule has 0 saturated carbocycles. The van der Waals surface area contributed by atoms with Crippen molar-refractivity contribution in [1.29, 1.82) is 0 Å². The Morgan fingerprint density at radius 1 is 1.28 bits per heavy atom. The molecule has 0 spiro atoms. The lowest BCUT2D eigenvalue weighted by atomic mass is 10.2. The highest BCUT2D eigenvalue weighted by Gasteiger charge is 2.38. The maximum absolute atomic E-state index is 12.1. The lowest BCUT2D eigenvalue weighted by molar-refractivity contribution is -0.130. The third kappa shape index (κ3) is 2.35. The third-order valence-corrected chi connectivity index (χ3v) is 5.70. The van der Waals surface area contributed by atoms with Crippen molar-refractivity contribution in [3.63, 3.8) is 0 Å². The standard InChI is InChI=1S/C11H11Cl2NO3S/c1-14-10(15)4-5-18(16,17)11(14)7-2-3-8(12)9(13)6-7/h2-3,6,11H,4-5H2,1H3/t11-/m0/s1. The van der Waals surface area contributed by atoms with Gasteiger partial charge in [0.1, 0.15) is 0 Å². The molecule has 1 aromatic rings. The van der Waals surface area contributed by atoms with Crippen LogP contribution in [0, 0.1) is 0 Å². The zero-order valence-electron chi connectivity index (χ0n) is 9.56. The molecule has 1 fully saturated rings. The van der Waals surface area contributed by atoms with E-state index in [1.807, 2.05) is 0 Å². The second-order valence-electron chi connectivity index (χ2n) is 4.15. The lowest BCUT2D eigenvalue weighted by Crippen LogP contribution is -2.42. The van der Waals surface area contributed by atoms with Gasteiger partial charge >= 0.3 is 0 Å². The van der Waals surface area contributed by atoms with E-state index in [2.05, 4.69) is 0 Å². The van der Waals surface area contributed by atoms with Crippen molar-refractivity contribution in [2.24, 2.45) is 0 Å². The number of hydrogen-bond donors (Lipinski definition) is 0. The topological polar surface area (TPSA) is 54.5 Å². The maximum Gasteiger partial charge on any atom is 0.224 e. The van der Waals surface area contributed by atoms with Gasteiger partial charge in [-0.15, -0.1) is 0 Å². The molecule has 0 aromatic heterocycles. The summed E-state index contributed by atoms with van der Waals surface area (Å²) in [7, 11) is -1.91. The van der Waals surface area contributed by atoms with E-state index in [1.54, 1.807) is 6.07 Å². The Bertz CT molecular complexity index is 600. The third-order valence-electron chi connectivity index (χ3n) is 2.91. The highest BCUT2D eigenvalue weighted by molar-refractivity contribution is 7.91. The van der Waals surface area contributed by atoms with Crippen molar-refractivity contribution >= 4 is 38.9 Å². The molecule has 0 unspecified atom stereocenters. The van der Waals surface area contributed by atoms with E-state index in [-0.39, 0.29) is 23.1 Å². The van der Waals surface area contributed by atoms with Gasteiger partial charge in [0.15, 0.2) is 15.2 Å². The van der Waals surface area contributed by atoms with E-state index in [9.17, 15) is 13.2 Å². The van der Waals surface area contributed by atoms with Gasteiger partial charge in [0, 0.05) is 13.5 Å². The molecule has 98 valence electrons. The van der Waals surface area contributed by atoms with E-state index >= 15 is 0 Å². The number of carbonyl (C=O) groups is 1. The van der Waals surface area contributed by atoms with Gasteiger partial charge in [-0.2, -0.15) is 0 Å². The number of rotatable bonds is 1. The highest BCUT2D eigenvalue weighted by Crippen LogP contribution is 2.34. The smallest absolute Gasteiger partial charge is 0.224 e. The number of halogens is 2. The van der Waals surface area contributed by atoms with Crippen molar-refractivity contribution in [3.05, 3.63) is 33.8 Å². The van der Waals surface area contributed by atoms with Gasteiger partial charge in [0.2, 0.25) is 5.91 Å². The largest absolute Gasteiger partial charge is 0.325 e. The van der Waals surface area contributed by atoms with Gasteiger partial charge < -0.3 is 4.90 Å². The molecule has 4 nitrogen and oxygen atoms in total. The van der Waals surface area contributed by atoms with Crippen LogP contribution in [0.4, 0.5) is 0 Å². The molecule has 2 rings (SSSR count). The lowest BCUT2D eigenvalue weighted by Gasteiger charge is -2.32. The van der Waals surface area contributed by atoms with Crippen molar-refractivity contribution in [2.45, 2.75) is 11.8 Å². The molecule has 1 aromatic carbocycles. The molecule has 1 saturated heterocycles. The summed E-state index contributed by atoms with van der Waals surface area (Å²) in [6.45, 7) is 0. The minimum Gasteiger partial charge on any atom is -0.325 e. The average molecular weight is 308 g/mol. The number of carbonyl (C=O) groups excluding carboxylic acids is 1. The van der Waals surface area contributed by atoms with E-state index < -0.39 is 15.2 Å². The number of nitrogens with zero attached hydrogens (tertiary/aromatic N) is 1. The van der Waals surface area contributed by atoms with Gasteiger partial charge in [0.05, 0.1) is 15.8 Å².